The smallest absolute Gasteiger partial charge is 0.228 e. The maximum Gasteiger partial charge on any atom is 0.228 e. The van der Waals surface area contributed by atoms with Gasteiger partial charge in [0.05, 0.1) is 17.9 Å². The molecule has 6 atom stereocenters. The van der Waals surface area contributed by atoms with Gasteiger partial charge in [-0.3, -0.25) is 4.79 Å². The number of nitriles is 1. The summed E-state index contributed by atoms with van der Waals surface area (Å²) in [5.74, 6) is -0.0140. The highest BCUT2D eigenvalue weighted by atomic mass is 16.2. The van der Waals surface area contributed by atoms with E-state index in [1.54, 1.807) is 0 Å². The topological polar surface area (TPSA) is 92.2 Å². The molecular weight excluding hydrogens is 376 g/mol. The summed E-state index contributed by atoms with van der Waals surface area (Å²) in [6, 6.07) is 11.9. The third kappa shape index (κ3) is 3.68. The number of rotatable bonds is 4. The molecule has 160 valence electrons. The normalized spacial score (nSPS) is 36.7. The summed E-state index contributed by atoms with van der Waals surface area (Å²) >= 11 is 0. The molecule has 1 aromatic rings. The molecule has 7 heteroatoms. The first-order valence-corrected chi connectivity index (χ1v) is 11.6. The Morgan fingerprint density at radius 3 is 2.60 bits per heavy atom. The van der Waals surface area contributed by atoms with E-state index in [-0.39, 0.29) is 36.0 Å². The van der Waals surface area contributed by atoms with E-state index < -0.39 is 0 Å². The van der Waals surface area contributed by atoms with Gasteiger partial charge in [-0.1, -0.05) is 25.0 Å². The fraction of sp³-hybridized carbons (Fsp3) is 0.652. The molecule has 5 rings (SSSR count). The van der Waals surface area contributed by atoms with Crippen LogP contribution in [0.5, 0.6) is 0 Å². The van der Waals surface area contributed by atoms with Gasteiger partial charge >= 0.3 is 0 Å². The van der Waals surface area contributed by atoms with Gasteiger partial charge in [0.15, 0.2) is 0 Å². The molecule has 0 radical (unpaired) electrons. The summed E-state index contributed by atoms with van der Waals surface area (Å²) in [7, 11) is 0. The van der Waals surface area contributed by atoms with Gasteiger partial charge in [-0.15, -0.1) is 0 Å². The van der Waals surface area contributed by atoms with Crippen molar-refractivity contribution < 1.29 is 4.79 Å². The minimum Gasteiger partial charge on any atom is -0.368 e. The Bertz CT molecular complexity index is 799. The highest BCUT2D eigenvalue weighted by molar-refractivity contribution is 5.82. The van der Waals surface area contributed by atoms with Gasteiger partial charge in [-0.2, -0.15) is 5.26 Å². The van der Waals surface area contributed by atoms with Crippen LogP contribution in [0.4, 0.5) is 5.69 Å². The molecule has 4 unspecified atom stereocenters. The zero-order valence-electron chi connectivity index (χ0n) is 17.4. The lowest BCUT2D eigenvalue weighted by Gasteiger charge is -2.39. The second kappa shape index (κ2) is 8.54. The van der Waals surface area contributed by atoms with Crippen LogP contribution < -0.4 is 21.4 Å². The average Bonchev–Trinajstić information content (AvgIpc) is 3.44. The summed E-state index contributed by atoms with van der Waals surface area (Å²) in [4.78, 5) is 12.8. The number of piperidine rings is 1. The lowest BCUT2D eigenvalue weighted by molar-refractivity contribution is -0.128. The number of nitrogens with zero attached hydrogens (tertiary/aromatic N) is 2. The average molecular weight is 409 g/mol. The first kappa shape index (κ1) is 19.8. The third-order valence-electron chi connectivity index (χ3n) is 7.41. The van der Waals surface area contributed by atoms with Crippen molar-refractivity contribution in [3.05, 3.63) is 29.8 Å². The highest BCUT2D eigenvalue weighted by Gasteiger charge is 2.51. The van der Waals surface area contributed by atoms with Crippen molar-refractivity contribution in [2.24, 2.45) is 11.8 Å². The van der Waals surface area contributed by atoms with Crippen LogP contribution in [0.1, 0.15) is 56.6 Å². The molecular formula is C23H32N6O. The molecule has 1 saturated carbocycles. The van der Waals surface area contributed by atoms with Gasteiger partial charge in [0, 0.05) is 30.4 Å². The maximum absolute atomic E-state index is 12.8. The first-order valence-electron chi connectivity index (χ1n) is 11.6. The fourth-order valence-electron chi connectivity index (χ4n) is 5.86. The molecule has 1 aromatic carbocycles. The van der Waals surface area contributed by atoms with Crippen LogP contribution in [0.25, 0.3) is 0 Å². The van der Waals surface area contributed by atoms with E-state index in [2.05, 4.69) is 56.7 Å². The summed E-state index contributed by atoms with van der Waals surface area (Å²) in [5.41, 5.74) is 5.96. The number of nitrogens with one attached hydrogen (secondary N) is 4. The second-order valence-corrected chi connectivity index (χ2v) is 9.19. The zero-order valence-corrected chi connectivity index (χ0v) is 17.4. The highest BCUT2D eigenvalue weighted by Crippen LogP contribution is 2.36. The Labute approximate surface area is 178 Å². The van der Waals surface area contributed by atoms with E-state index in [1.807, 2.05) is 0 Å². The van der Waals surface area contributed by atoms with Gasteiger partial charge in [-0.25, -0.2) is 10.4 Å². The van der Waals surface area contributed by atoms with Crippen LogP contribution in [0.2, 0.25) is 0 Å². The molecule has 7 nitrogen and oxygen atoms in total. The molecule has 3 heterocycles. The molecule has 4 aliphatic rings. The van der Waals surface area contributed by atoms with E-state index in [0.29, 0.717) is 12.6 Å². The van der Waals surface area contributed by atoms with Crippen LogP contribution in [0.15, 0.2) is 24.3 Å². The van der Waals surface area contributed by atoms with Gasteiger partial charge in [0.2, 0.25) is 5.91 Å². The number of anilines is 1. The molecule has 3 saturated heterocycles. The minimum atomic E-state index is -0.160. The van der Waals surface area contributed by atoms with Crippen molar-refractivity contribution in [1.82, 2.24) is 21.1 Å². The predicted octanol–water partition coefficient (Wildman–Crippen LogP) is 2.26. The van der Waals surface area contributed by atoms with E-state index in [1.165, 1.54) is 18.4 Å². The number of benzene rings is 1. The summed E-state index contributed by atoms with van der Waals surface area (Å²) in [6.07, 6.45) is 7.44. The van der Waals surface area contributed by atoms with Crippen LogP contribution in [0, 0.1) is 23.2 Å². The Morgan fingerprint density at radius 2 is 1.83 bits per heavy atom. The van der Waals surface area contributed by atoms with Crippen molar-refractivity contribution in [1.29, 1.82) is 5.26 Å². The SMILES string of the molecule is N#C[C@H]1CCCC[C@@H]1N1NC(Nc2ccc(C3CCCN3)cc2)C2C(=O)NCCC21. The van der Waals surface area contributed by atoms with Crippen molar-refractivity contribution in [2.45, 2.75) is 69.2 Å². The number of carbonyl (C=O) groups is 1. The number of carbonyl (C=O) groups excluding carboxylic acids is 1. The molecule has 1 aliphatic carbocycles. The van der Waals surface area contributed by atoms with Crippen molar-refractivity contribution in [3.8, 4) is 6.07 Å². The molecule has 30 heavy (non-hydrogen) atoms. The number of amides is 1. The molecule has 4 N–H and O–H groups in total. The minimum absolute atomic E-state index is 0.0360. The Morgan fingerprint density at radius 1 is 1.00 bits per heavy atom. The van der Waals surface area contributed by atoms with Crippen LogP contribution in [0.3, 0.4) is 0 Å². The largest absolute Gasteiger partial charge is 0.368 e. The van der Waals surface area contributed by atoms with E-state index in [9.17, 15) is 10.1 Å². The van der Waals surface area contributed by atoms with Gasteiger partial charge in [0.25, 0.3) is 0 Å². The Kier molecular flexibility index (Phi) is 5.64. The zero-order chi connectivity index (χ0) is 20.5. The standard InChI is InChI=1S/C23H32N6O/c24-14-16-4-1-2-6-19(16)29-20-11-13-26-23(30)21(20)22(28-29)27-17-9-7-15(8-10-17)18-5-3-12-25-18/h7-10,16,18-22,25,27-28H,1-6,11-13H2,(H,26,30)/t16-,18?,19+,20?,21?,22?/m1/s1. The van der Waals surface area contributed by atoms with E-state index >= 15 is 0 Å². The number of hydrogen-bond donors (Lipinski definition) is 4. The summed E-state index contributed by atoms with van der Waals surface area (Å²) in [5, 5.41) is 22.1. The third-order valence-corrected chi connectivity index (χ3v) is 7.41. The lowest BCUT2D eigenvalue weighted by Crippen LogP contribution is -2.54. The number of hydrazine groups is 1. The van der Waals surface area contributed by atoms with Gasteiger partial charge in [-0.05, 0) is 56.3 Å². The van der Waals surface area contributed by atoms with Gasteiger partial charge in [0.1, 0.15) is 6.17 Å². The fourth-order valence-corrected chi connectivity index (χ4v) is 5.86. The van der Waals surface area contributed by atoms with Crippen LogP contribution >= 0.6 is 0 Å². The van der Waals surface area contributed by atoms with Crippen molar-refractivity contribution in [3.63, 3.8) is 0 Å². The number of hydrogen-bond acceptors (Lipinski definition) is 6. The Balaban J connectivity index is 1.33. The molecule has 0 spiro atoms. The van der Waals surface area contributed by atoms with Crippen molar-refractivity contribution >= 4 is 11.6 Å². The lowest BCUT2D eigenvalue weighted by atomic mass is 9.83. The molecule has 1 amide bonds. The van der Waals surface area contributed by atoms with Crippen molar-refractivity contribution in [2.75, 3.05) is 18.4 Å². The number of fused-ring (bicyclic) bond motifs is 1. The van der Waals surface area contributed by atoms with Crippen LogP contribution in [-0.4, -0.2) is 42.3 Å². The summed E-state index contributed by atoms with van der Waals surface area (Å²) < 4.78 is 0. The predicted molar refractivity (Wildman–Crippen MR) is 115 cm³/mol. The summed E-state index contributed by atoms with van der Waals surface area (Å²) in [6.45, 7) is 1.80. The molecule has 0 aromatic heterocycles. The van der Waals surface area contributed by atoms with E-state index in [4.69, 9.17) is 0 Å². The monoisotopic (exact) mass is 408 g/mol. The molecule has 4 fully saturated rings. The first-order chi connectivity index (χ1) is 14.7. The molecule has 0 bridgehead atoms. The van der Waals surface area contributed by atoms with E-state index in [0.717, 1.165) is 44.3 Å². The second-order valence-electron chi connectivity index (χ2n) is 9.19. The van der Waals surface area contributed by atoms with Gasteiger partial charge < -0.3 is 16.0 Å². The Hall–Kier alpha value is -2.14. The quantitative estimate of drug-likeness (QED) is 0.611. The van der Waals surface area contributed by atoms with Crippen LogP contribution in [-0.2, 0) is 4.79 Å². The molecule has 3 aliphatic heterocycles. The maximum atomic E-state index is 12.8.